The summed E-state index contributed by atoms with van der Waals surface area (Å²) in [5, 5.41) is -0.372. The lowest BCUT2D eigenvalue weighted by Crippen LogP contribution is -2.35. The van der Waals surface area contributed by atoms with Crippen LogP contribution in [0.5, 0.6) is 11.5 Å². The van der Waals surface area contributed by atoms with Crippen LogP contribution in [0.2, 0.25) is 10.0 Å². The van der Waals surface area contributed by atoms with Crippen LogP contribution in [0.25, 0.3) is 0 Å². The van der Waals surface area contributed by atoms with Crippen LogP contribution in [0, 0.1) is 0 Å². The van der Waals surface area contributed by atoms with Gasteiger partial charge in [-0.3, -0.25) is 14.6 Å². The Bertz CT molecular complexity index is 1020. The molecule has 0 saturated heterocycles. The van der Waals surface area contributed by atoms with Gasteiger partial charge in [0.15, 0.2) is 12.4 Å². The number of carbonyl (C=O) groups is 1. The van der Waals surface area contributed by atoms with Crippen molar-refractivity contribution in [2.24, 2.45) is 0 Å². The molecular weight excluding hydrogens is 485 g/mol. The molecule has 1 amide bonds. The van der Waals surface area contributed by atoms with Crippen LogP contribution >= 0.6 is 31.0 Å². The molecule has 0 radical (unpaired) electrons. The smallest absolute Gasteiger partial charge is 0.484 e. The summed E-state index contributed by atoms with van der Waals surface area (Å²) in [6.45, 7) is -1.16. The van der Waals surface area contributed by atoms with Crippen molar-refractivity contribution in [2.45, 2.75) is 18.6 Å². The van der Waals surface area contributed by atoms with Crippen LogP contribution in [0.3, 0.4) is 0 Å². The lowest BCUT2D eigenvalue weighted by molar-refractivity contribution is -0.153. The minimum absolute atomic E-state index is 0.0378. The molecule has 0 saturated carbocycles. The van der Waals surface area contributed by atoms with Gasteiger partial charge in [-0.1, -0.05) is 29.3 Å². The van der Waals surface area contributed by atoms with Gasteiger partial charge in [0, 0.05) is 6.54 Å². The van der Waals surface area contributed by atoms with Crippen LogP contribution in [-0.2, 0) is 15.8 Å². The Morgan fingerprint density at radius 3 is 2.39 bits per heavy atom. The van der Waals surface area contributed by atoms with Gasteiger partial charge in [-0.05, 0) is 47.4 Å². The molecule has 7 nitrogen and oxygen atoms in total. The summed E-state index contributed by atoms with van der Waals surface area (Å²) in [5.41, 5.74) is 1.71. The Labute approximate surface area is 184 Å². The van der Waals surface area contributed by atoms with E-state index in [1.54, 1.807) is 6.07 Å². The van der Waals surface area contributed by atoms with Crippen LogP contribution in [0.1, 0.15) is 22.7 Å². The number of benzene rings is 2. The molecule has 1 aliphatic rings. The molecule has 0 aliphatic carbocycles. The first-order valence-electron chi connectivity index (χ1n) is 8.65. The zero-order valence-electron chi connectivity index (χ0n) is 15.5. The highest BCUT2D eigenvalue weighted by Gasteiger charge is 2.32. The standard InChI is InChI=1S/C18H15Cl2F3NO6P/c19-14-6-11(7-15(20)17(14)30-31(26,27)28)16-13-2-1-12(29-8-18(21,22)23)5-10(13)3-4-24(16)9-25/h1-2,5-7,9,16H,3-4,8H2,(H2,26,27,28)/t16-/m1/s1. The van der Waals surface area contributed by atoms with Crippen molar-refractivity contribution in [2.75, 3.05) is 13.2 Å². The van der Waals surface area contributed by atoms with Crippen LogP contribution in [0.4, 0.5) is 13.2 Å². The third-order valence-corrected chi connectivity index (χ3v) is 5.45. The molecule has 1 aliphatic heterocycles. The van der Waals surface area contributed by atoms with E-state index in [1.165, 1.54) is 29.2 Å². The zero-order chi connectivity index (χ0) is 23.0. The average Bonchev–Trinajstić information content (AvgIpc) is 2.66. The normalized spacial score (nSPS) is 16.6. The highest BCUT2D eigenvalue weighted by Crippen LogP contribution is 2.47. The van der Waals surface area contributed by atoms with Gasteiger partial charge in [-0.25, -0.2) is 4.57 Å². The second-order valence-electron chi connectivity index (χ2n) is 6.66. The molecule has 0 bridgehead atoms. The molecule has 13 heteroatoms. The number of fused-ring (bicyclic) bond motifs is 1. The number of ether oxygens (including phenoxy) is 1. The van der Waals surface area contributed by atoms with Crippen molar-refractivity contribution >= 4 is 37.4 Å². The Kier molecular flexibility index (Phi) is 6.78. The van der Waals surface area contributed by atoms with E-state index in [0.29, 0.717) is 29.5 Å². The van der Waals surface area contributed by atoms with Crippen LogP contribution in [-0.4, -0.2) is 40.4 Å². The SMILES string of the molecule is O=CN1CCc2cc(OCC(F)(F)F)ccc2[C@H]1c1cc(Cl)c(OP(=O)(O)O)c(Cl)c1. The van der Waals surface area contributed by atoms with E-state index in [2.05, 4.69) is 4.52 Å². The molecule has 168 valence electrons. The molecule has 0 aromatic heterocycles. The number of hydrogen-bond acceptors (Lipinski definition) is 4. The first-order chi connectivity index (χ1) is 14.4. The maximum Gasteiger partial charge on any atom is 0.524 e. The molecule has 1 atom stereocenters. The quantitative estimate of drug-likeness (QED) is 0.448. The van der Waals surface area contributed by atoms with Gasteiger partial charge < -0.3 is 14.2 Å². The van der Waals surface area contributed by atoms with E-state index in [9.17, 15) is 22.5 Å². The average molecular weight is 500 g/mol. The topological polar surface area (TPSA) is 96.3 Å². The lowest BCUT2D eigenvalue weighted by atomic mass is 9.88. The third kappa shape index (κ3) is 5.84. The highest BCUT2D eigenvalue weighted by atomic mass is 35.5. The van der Waals surface area contributed by atoms with Gasteiger partial charge in [0.1, 0.15) is 5.75 Å². The third-order valence-electron chi connectivity index (χ3n) is 4.46. The summed E-state index contributed by atoms with van der Waals surface area (Å²) in [6, 6.07) is 6.40. The van der Waals surface area contributed by atoms with Crippen molar-refractivity contribution in [1.82, 2.24) is 4.90 Å². The van der Waals surface area contributed by atoms with Crippen molar-refractivity contribution < 1.29 is 41.6 Å². The number of amides is 1. The van der Waals surface area contributed by atoms with E-state index in [4.69, 9.17) is 37.7 Å². The second kappa shape index (κ2) is 8.88. The number of phosphoric ester groups is 1. The predicted molar refractivity (Wildman–Crippen MR) is 105 cm³/mol. The number of alkyl halides is 3. The molecule has 2 N–H and O–H groups in total. The van der Waals surface area contributed by atoms with E-state index in [-0.39, 0.29) is 22.3 Å². The van der Waals surface area contributed by atoms with Crippen molar-refractivity contribution in [3.63, 3.8) is 0 Å². The molecule has 2 aromatic rings. The summed E-state index contributed by atoms with van der Waals surface area (Å²) in [7, 11) is -4.91. The monoisotopic (exact) mass is 499 g/mol. The summed E-state index contributed by atoms with van der Waals surface area (Å²) >= 11 is 12.2. The molecular formula is C18H15Cl2F3NO6P. The summed E-state index contributed by atoms with van der Waals surface area (Å²) < 4.78 is 57.7. The fourth-order valence-electron chi connectivity index (χ4n) is 3.31. The minimum atomic E-state index is -4.91. The Morgan fingerprint density at radius 2 is 1.84 bits per heavy atom. The minimum Gasteiger partial charge on any atom is -0.484 e. The molecule has 2 aromatic carbocycles. The maximum atomic E-state index is 12.4. The van der Waals surface area contributed by atoms with E-state index < -0.39 is 32.4 Å². The van der Waals surface area contributed by atoms with E-state index in [0.717, 1.165) is 0 Å². The summed E-state index contributed by atoms with van der Waals surface area (Å²) in [5.74, 6) is -0.374. The number of hydrogen-bond donors (Lipinski definition) is 2. The molecule has 0 fully saturated rings. The van der Waals surface area contributed by atoms with E-state index in [1.807, 2.05) is 0 Å². The van der Waals surface area contributed by atoms with Gasteiger partial charge in [-0.15, -0.1) is 0 Å². The number of rotatable bonds is 6. The number of phosphoric acid groups is 1. The second-order valence-corrected chi connectivity index (χ2v) is 8.63. The zero-order valence-corrected chi connectivity index (χ0v) is 17.9. The van der Waals surface area contributed by atoms with Crippen molar-refractivity contribution in [1.29, 1.82) is 0 Å². The molecule has 0 unspecified atom stereocenters. The highest BCUT2D eigenvalue weighted by molar-refractivity contribution is 7.46. The van der Waals surface area contributed by atoms with E-state index >= 15 is 0 Å². The van der Waals surface area contributed by atoms with Gasteiger partial charge in [0.25, 0.3) is 0 Å². The first-order valence-corrected chi connectivity index (χ1v) is 10.9. The number of nitrogens with zero attached hydrogens (tertiary/aromatic N) is 1. The largest absolute Gasteiger partial charge is 0.524 e. The summed E-state index contributed by atoms with van der Waals surface area (Å²) in [4.78, 5) is 31.1. The maximum absolute atomic E-state index is 12.4. The number of halogens is 5. The van der Waals surface area contributed by atoms with Gasteiger partial charge in [0.2, 0.25) is 6.41 Å². The van der Waals surface area contributed by atoms with Gasteiger partial charge in [-0.2, -0.15) is 13.2 Å². The van der Waals surface area contributed by atoms with Gasteiger partial charge >= 0.3 is 14.0 Å². The Hall–Kier alpha value is -1.97. The fourth-order valence-corrected chi connectivity index (χ4v) is 4.43. The molecule has 31 heavy (non-hydrogen) atoms. The predicted octanol–water partition coefficient (Wildman–Crippen LogP) is 4.51. The van der Waals surface area contributed by atoms with Crippen LogP contribution in [0.15, 0.2) is 30.3 Å². The fraction of sp³-hybridized carbons (Fsp3) is 0.278. The molecule has 1 heterocycles. The molecule has 3 rings (SSSR count). The van der Waals surface area contributed by atoms with Crippen LogP contribution < -0.4 is 9.26 Å². The Morgan fingerprint density at radius 1 is 1.19 bits per heavy atom. The number of carbonyl (C=O) groups excluding carboxylic acids is 1. The van der Waals surface area contributed by atoms with Crippen molar-refractivity contribution in [3.8, 4) is 11.5 Å². The van der Waals surface area contributed by atoms with Crippen molar-refractivity contribution in [3.05, 3.63) is 57.1 Å². The Balaban J connectivity index is 1.99. The first kappa shape index (κ1) is 23.7. The molecule has 0 spiro atoms. The lowest BCUT2D eigenvalue weighted by Gasteiger charge is -2.35. The summed E-state index contributed by atoms with van der Waals surface area (Å²) in [6.07, 6.45) is -3.48. The van der Waals surface area contributed by atoms with Gasteiger partial charge in [0.05, 0.1) is 16.1 Å².